The van der Waals surface area contributed by atoms with Crippen molar-refractivity contribution in [2.45, 2.75) is 18.5 Å². The maximum absolute atomic E-state index is 13.8. The highest BCUT2D eigenvalue weighted by atomic mass is 19.4. The van der Waals surface area contributed by atoms with Crippen LogP contribution in [0.1, 0.15) is 12.5 Å². The summed E-state index contributed by atoms with van der Waals surface area (Å²) < 4.78 is 46.3. The van der Waals surface area contributed by atoms with Gasteiger partial charge in [0.25, 0.3) is 0 Å². The number of benzene rings is 2. The number of alkyl halides is 3. The molecule has 1 amide bonds. The number of hydrogen-bond donors (Lipinski definition) is 0. The molecular formula is C20H16F3NO3. The summed E-state index contributed by atoms with van der Waals surface area (Å²) in [5.74, 6) is -5.39. The van der Waals surface area contributed by atoms with Crippen LogP contribution in [0.2, 0.25) is 0 Å². The molecular weight excluding hydrogens is 359 g/mol. The van der Waals surface area contributed by atoms with Crippen molar-refractivity contribution in [1.29, 1.82) is 0 Å². The minimum Gasteiger partial charge on any atom is -0.466 e. The molecule has 1 fully saturated rings. The van der Waals surface area contributed by atoms with Gasteiger partial charge in [-0.3, -0.25) is 14.5 Å². The fourth-order valence-electron chi connectivity index (χ4n) is 4.25. The van der Waals surface area contributed by atoms with Crippen molar-refractivity contribution in [2.75, 3.05) is 11.5 Å². The third-order valence-electron chi connectivity index (χ3n) is 5.26. The van der Waals surface area contributed by atoms with E-state index in [4.69, 9.17) is 4.74 Å². The molecule has 1 spiro atoms. The number of hydrogen-bond acceptors (Lipinski definition) is 3. The second kappa shape index (κ2) is 5.84. The van der Waals surface area contributed by atoms with Crippen molar-refractivity contribution in [2.24, 2.45) is 11.8 Å². The summed E-state index contributed by atoms with van der Waals surface area (Å²) >= 11 is 0. The van der Waals surface area contributed by atoms with Crippen LogP contribution in [0, 0.1) is 11.8 Å². The lowest BCUT2D eigenvalue weighted by Gasteiger charge is -2.18. The van der Waals surface area contributed by atoms with Crippen molar-refractivity contribution < 1.29 is 27.5 Å². The Labute approximate surface area is 153 Å². The summed E-state index contributed by atoms with van der Waals surface area (Å²) in [6.07, 6.45) is -4.70. The quantitative estimate of drug-likeness (QED) is 0.763. The van der Waals surface area contributed by atoms with Gasteiger partial charge < -0.3 is 4.74 Å². The molecule has 1 saturated carbocycles. The third-order valence-corrected chi connectivity index (χ3v) is 5.26. The van der Waals surface area contributed by atoms with Crippen LogP contribution in [0.4, 0.5) is 24.5 Å². The molecule has 2 aliphatic rings. The average molecular weight is 375 g/mol. The first kappa shape index (κ1) is 17.6. The van der Waals surface area contributed by atoms with Gasteiger partial charge in [-0.05, 0) is 30.7 Å². The van der Waals surface area contributed by atoms with Gasteiger partial charge in [0, 0.05) is 5.69 Å². The molecule has 0 N–H and O–H groups in total. The third kappa shape index (κ3) is 2.30. The topological polar surface area (TPSA) is 46.6 Å². The van der Waals surface area contributed by atoms with E-state index in [2.05, 4.69) is 0 Å². The van der Waals surface area contributed by atoms with Crippen LogP contribution in [0.25, 0.3) is 0 Å². The molecule has 1 aliphatic heterocycles. The summed E-state index contributed by atoms with van der Waals surface area (Å²) in [6.45, 7) is 1.48. The Hall–Kier alpha value is -2.83. The van der Waals surface area contributed by atoms with E-state index in [0.717, 1.165) is 0 Å². The molecule has 0 radical (unpaired) electrons. The van der Waals surface area contributed by atoms with E-state index in [1.165, 1.54) is 17.9 Å². The zero-order valence-electron chi connectivity index (χ0n) is 14.4. The molecule has 4 rings (SSSR count). The minimum absolute atomic E-state index is 0.0474. The summed E-state index contributed by atoms with van der Waals surface area (Å²) in [5.41, 5.74) is -0.909. The monoisotopic (exact) mass is 375 g/mol. The predicted molar refractivity (Wildman–Crippen MR) is 91.4 cm³/mol. The predicted octanol–water partition coefficient (Wildman–Crippen LogP) is 3.97. The van der Waals surface area contributed by atoms with E-state index in [1.807, 2.05) is 0 Å². The van der Waals surface area contributed by atoms with Crippen molar-refractivity contribution >= 4 is 23.3 Å². The van der Waals surface area contributed by atoms with Crippen LogP contribution in [-0.4, -0.2) is 24.7 Å². The van der Waals surface area contributed by atoms with Crippen LogP contribution in [0.15, 0.2) is 54.6 Å². The number of carbonyl (C=O) groups excluding carboxylic acids is 2. The summed E-state index contributed by atoms with van der Waals surface area (Å²) in [5, 5.41) is 0. The lowest BCUT2D eigenvalue weighted by atomic mass is 9.93. The van der Waals surface area contributed by atoms with Gasteiger partial charge in [0.1, 0.15) is 5.41 Å². The van der Waals surface area contributed by atoms with E-state index >= 15 is 0 Å². The summed E-state index contributed by atoms with van der Waals surface area (Å²) in [4.78, 5) is 26.9. The number of fused-ring (bicyclic) bond motifs is 2. The zero-order chi connectivity index (χ0) is 19.4. The van der Waals surface area contributed by atoms with E-state index < -0.39 is 35.3 Å². The minimum atomic E-state index is -4.70. The smallest absolute Gasteiger partial charge is 0.394 e. The number of halogens is 3. The fraction of sp³-hybridized carbons (Fsp3) is 0.300. The van der Waals surface area contributed by atoms with Gasteiger partial charge in [-0.25, -0.2) is 0 Å². The molecule has 27 heavy (non-hydrogen) atoms. The highest BCUT2D eigenvalue weighted by Crippen LogP contribution is 2.71. The first-order valence-corrected chi connectivity index (χ1v) is 8.57. The van der Waals surface area contributed by atoms with E-state index in [1.54, 1.807) is 48.5 Å². The second-order valence-corrected chi connectivity index (χ2v) is 6.61. The van der Waals surface area contributed by atoms with Crippen molar-refractivity contribution in [3.05, 3.63) is 60.2 Å². The summed E-state index contributed by atoms with van der Waals surface area (Å²) in [7, 11) is 0. The van der Waals surface area contributed by atoms with Gasteiger partial charge in [0.2, 0.25) is 5.91 Å². The molecule has 0 aromatic heterocycles. The average Bonchev–Trinajstić information content (AvgIpc) is 3.29. The van der Waals surface area contributed by atoms with Gasteiger partial charge >= 0.3 is 12.1 Å². The Morgan fingerprint density at radius 2 is 1.74 bits per heavy atom. The maximum Gasteiger partial charge on any atom is 0.394 e. The van der Waals surface area contributed by atoms with Crippen LogP contribution >= 0.6 is 0 Å². The Bertz CT molecular complexity index is 912. The molecule has 2 aromatic rings. The van der Waals surface area contributed by atoms with Crippen molar-refractivity contribution in [3.8, 4) is 0 Å². The molecule has 2 aromatic carbocycles. The molecule has 0 saturated heterocycles. The normalized spacial score (nSPS) is 26.2. The molecule has 4 nitrogen and oxygen atoms in total. The van der Waals surface area contributed by atoms with Gasteiger partial charge in [0.15, 0.2) is 0 Å². The number of ether oxygens (including phenoxy) is 1. The number of anilines is 2. The highest BCUT2D eigenvalue weighted by Gasteiger charge is 2.85. The number of para-hydroxylation sites is 2. The molecule has 140 valence electrons. The fourth-order valence-corrected chi connectivity index (χ4v) is 4.25. The van der Waals surface area contributed by atoms with Gasteiger partial charge in [0.05, 0.1) is 24.1 Å². The standard InChI is InChI=1S/C20H16F3NO3/c1-2-27-17(25)15-16(20(21,22)23)19(15)13-10-6-7-11-14(13)24(18(19)26)12-8-4-3-5-9-12/h3-11,15-16H,2H2,1H3/t15?,16?,19-/m0/s1. The van der Waals surface area contributed by atoms with Gasteiger partial charge in [-0.1, -0.05) is 36.4 Å². The Balaban J connectivity index is 1.90. The molecule has 3 atom stereocenters. The largest absolute Gasteiger partial charge is 0.466 e. The van der Waals surface area contributed by atoms with Crippen LogP contribution in [0.5, 0.6) is 0 Å². The van der Waals surface area contributed by atoms with Crippen LogP contribution < -0.4 is 4.90 Å². The highest BCUT2D eigenvalue weighted by molar-refractivity contribution is 6.18. The number of nitrogens with zero attached hydrogens (tertiary/aromatic N) is 1. The molecule has 7 heteroatoms. The molecule has 2 unspecified atom stereocenters. The van der Waals surface area contributed by atoms with E-state index in [9.17, 15) is 22.8 Å². The van der Waals surface area contributed by atoms with Crippen LogP contribution in [0.3, 0.4) is 0 Å². The van der Waals surface area contributed by atoms with Gasteiger partial charge in [-0.15, -0.1) is 0 Å². The first-order valence-electron chi connectivity index (χ1n) is 8.57. The number of amides is 1. The Kier molecular flexibility index (Phi) is 3.80. The molecule has 1 heterocycles. The summed E-state index contributed by atoms with van der Waals surface area (Å²) in [6, 6.07) is 14.8. The lowest BCUT2D eigenvalue weighted by Crippen LogP contribution is -2.33. The SMILES string of the molecule is CCOC(=O)C1C(C(F)(F)F)[C@@]12C(=O)N(c1ccccc1)c1ccccc12. The second-order valence-electron chi connectivity index (χ2n) is 6.61. The molecule has 0 bridgehead atoms. The van der Waals surface area contributed by atoms with E-state index in [-0.39, 0.29) is 12.2 Å². The molecule has 1 aliphatic carbocycles. The van der Waals surface area contributed by atoms with Crippen LogP contribution in [-0.2, 0) is 19.7 Å². The Morgan fingerprint density at radius 1 is 1.11 bits per heavy atom. The van der Waals surface area contributed by atoms with E-state index in [0.29, 0.717) is 11.4 Å². The number of rotatable bonds is 3. The number of carbonyl (C=O) groups is 2. The Morgan fingerprint density at radius 3 is 2.37 bits per heavy atom. The van der Waals surface area contributed by atoms with Crippen molar-refractivity contribution in [3.63, 3.8) is 0 Å². The van der Waals surface area contributed by atoms with Gasteiger partial charge in [-0.2, -0.15) is 13.2 Å². The lowest BCUT2D eigenvalue weighted by molar-refractivity contribution is -0.164. The van der Waals surface area contributed by atoms with Crippen molar-refractivity contribution in [1.82, 2.24) is 0 Å². The number of esters is 1. The first-order chi connectivity index (χ1) is 12.8. The maximum atomic E-state index is 13.8. The zero-order valence-corrected chi connectivity index (χ0v) is 14.4.